The molecule has 102 valence electrons. The summed E-state index contributed by atoms with van der Waals surface area (Å²) in [6.45, 7) is 10.7. The van der Waals surface area contributed by atoms with Crippen LogP contribution in [0.25, 0.3) is 0 Å². The summed E-state index contributed by atoms with van der Waals surface area (Å²) in [6, 6.07) is 0. The topological polar surface area (TPSA) is 40.6 Å². The van der Waals surface area contributed by atoms with Gasteiger partial charge in [0.25, 0.3) is 10.5 Å². The van der Waals surface area contributed by atoms with E-state index in [1.807, 2.05) is 27.7 Å². The summed E-state index contributed by atoms with van der Waals surface area (Å²) in [4.78, 5) is 24.1. The molecule has 0 fully saturated rings. The molecule has 17 heavy (non-hydrogen) atoms. The van der Waals surface area contributed by atoms with Crippen molar-refractivity contribution < 1.29 is 9.59 Å². The fourth-order valence-electron chi connectivity index (χ4n) is 0.988. The molecule has 0 aromatic carbocycles. The van der Waals surface area contributed by atoms with Crippen LogP contribution in [0.2, 0.25) is 0 Å². The molecule has 0 aliphatic heterocycles. The van der Waals surface area contributed by atoms with Gasteiger partial charge < -0.3 is 9.80 Å². The van der Waals surface area contributed by atoms with Crippen LogP contribution in [-0.4, -0.2) is 70.1 Å². The van der Waals surface area contributed by atoms with Crippen LogP contribution in [0.15, 0.2) is 0 Å². The molecule has 0 heterocycles. The number of rotatable bonds is 4. The summed E-state index contributed by atoms with van der Waals surface area (Å²) in [6.07, 6.45) is 0. The number of nitrogens with zero attached hydrogens (tertiary/aromatic N) is 2. The predicted octanol–water partition coefficient (Wildman–Crippen LogP) is 2.38. The van der Waals surface area contributed by atoms with E-state index in [4.69, 9.17) is 0 Å². The third-order valence-electron chi connectivity index (χ3n) is 2.07. The van der Waals surface area contributed by atoms with Crippen LogP contribution < -0.4 is 0 Å². The minimum atomic E-state index is -0.144. The summed E-state index contributed by atoms with van der Waals surface area (Å²) >= 11 is 7.28. The van der Waals surface area contributed by atoms with E-state index in [1.165, 1.54) is 0 Å². The van der Waals surface area contributed by atoms with Crippen molar-refractivity contribution in [1.29, 1.82) is 0 Å². The average Bonchev–Trinajstić information content (AvgIpc) is 2.21. The third-order valence-corrected chi connectivity index (χ3v) is 2.63. The molecule has 0 aliphatic carbocycles. The van der Waals surface area contributed by atoms with Crippen molar-refractivity contribution in [2.75, 3.05) is 26.2 Å². The molecule has 0 N–H and O–H groups in total. The monoisotopic (exact) mass is 396 g/mol. The van der Waals surface area contributed by atoms with E-state index in [-0.39, 0.29) is 34.1 Å². The van der Waals surface area contributed by atoms with Crippen molar-refractivity contribution in [2.24, 2.45) is 0 Å². The van der Waals surface area contributed by atoms with Crippen molar-refractivity contribution in [3.05, 3.63) is 0 Å². The molecular weight excluding hydrogens is 372 g/mol. The van der Waals surface area contributed by atoms with Crippen LogP contribution in [-0.2, 0) is 0 Å². The SMILES string of the molecule is CCN(CC)C(=O)S.CCN(CC)C(=O)S.[Te]. The standard InChI is InChI=1S/2C5H11NOS.Te/c2*1-3-6(4-2)5(7)8;/h2*3-4H2,1-2H3,(H,7,8);. The van der Waals surface area contributed by atoms with E-state index in [1.54, 1.807) is 9.80 Å². The molecule has 4 nitrogen and oxygen atoms in total. The Bertz CT molecular complexity index is 188. The zero-order valence-electron chi connectivity index (χ0n) is 10.8. The van der Waals surface area contributed by atoms with Crippen LogP contribution in [0.4, 0.5) is 9.59 Å². The summed E-state index contributed by atoms with van der Waals surface area (Å²) < 4.78 is 0. The Morgan fingerprint density at radius 3 is 0.941 bits per heavy atom. The molecule has 0 saturated carbocycles. The van der Waals surface area contributed by atoms with Gasteiger partial charge in [-0.25, -0.2) is 0 Å². The summed E-state index contributed by atoms with van der Waals surface area (Å²) in [5.41, 5.74) is 0. The minimum absolute atomic E-state index is 0. The first-order valence-electron chi connectivity index (χ1n) is 5.40. The van der Waals surface area contributed by atoms with Gasteiger partial charge in [-0.3, -0.25) is 9.59 Å². The van der Waals surface area contributed by atoms with Gasteiger partial charge in [0.1, 0.15) is 0 Å². The van der Waals surface area contributed by atoms with Gasteiger partial charge >= 0.3 is 0 Å². The van der Waals surface area contributed by atoms with Gasteiger partial charge in [-0.2, -0.15) is 0 Å². The van der Waals surface area contributed by atoms with E-state index in [0.717, 1.165) is 26.2 Å². The average molecular weight is 394 g/mol. The van der Waals surface area contributed by atoms with Gasteiger partial charge in [-0.05, 0) is 27.7 Å². The van der Waals surface area contributed by atoms with Crippen molar-refractivity contribution in [3.63, 3.8) is 0 Å². The molecule has 0 unspecified atom stereocenters. The van der Waals surface area contributed by atoms with Gasteiger partial charge in [0, 0.05) is 49.8 Å². The zero-order valence-corrected chi connectivity index (χ0v) is 15.0. The van der Waals surface area contributed by atoms with E-state index < -0.39 is 0 Å². The summed E-state index contributed by atoms with van der Waals surface area (Å²) in [7, 11) is 0. The Labute approximate surface area is 132 Å². The quantitative estimate of drug-likeness (QED) is 0.568. The van der Waals surface area contributed by atoms with Crippen molar-refractivity contribution >= 4 is 59.4 Å². The Morgan fingerprint density at radius 1 is 0.765 bits per heavy atom. The van der Waals surface area contributed by atoms with Crippen LogP contribution >= 0.6 is 25.3 Å². The molecule has 0 aromatic rings. The molecule has 0 aliphatic rings. The summed E-state index contributed by atoms with van der Waals surface area (Å²) in [5, 5.41) is -0.287. The molecule has 0 atom stereocenters. The number of carbonyl (C=O) groups excluding carboxylic acids is 2. The van der Waals surface area contributed by atoms with Crippen LogP contribution in [0.5, 0.6) is 0 Å². The number of thiol groups is 2. The van der Waals surface area contributed by atoms with Gasteiger partial charge in [-0.15, -0.1) is 0 Å². The van der Waals surface area contributed by atoms with Crippen LogP contribution in [0, 0.1) is 0 Å². The second-order valence-corrected chi connectivity index (χ2v) is 3.67. The Balaban J connectivity index is -0.000000218. The summed E-state index contributed by atoms with van der Waals surface area (Å²) in [5.74, 6) is 0. The van der Waals surface area contributed by atoms with Crippen molar-refractivity contribution in [2.45, 2.75) is 27.7 Å². The zero-order chi connectivity index (χ0) is 13.1. The predicted molar refractivity (Wildman–Crippen MR) is 80.4 cm³/mol. The molecule has 0 bridgehead atoms. The van der Waals surface area contributed by atoms with Crippen molar-refractivity contribution in [3.8, 4) is 0 Å². The Kier molecular flexibility index (Phi) is 19.3. The number of amides is 2. The Hall–Kier alpha value is 0.430. The first-order valence-corrected chi connectivity index (χ1v) is 6.29. The second kappa shape index (κ2) is 14.5. The number of hydrogen-bond donors (Lipinski definition) is 2. The molecular formula is C10H22N2O2S2Te. The molecule has 7 heteroatoms. The van der Waals surface area contributed by atoms with E-state index >= 15 is 0 Å². The van der Waals surface area contributed by atoms with E-state index in [0.29, 0.717) is 0 Å². The maximum absolute atomic E-state index is 10.4. The number of hydrogen-bond acceptors (Lipinski definition) is 2. The van der Waals surface area contributed by atoms with Crippen molar-refractivity contribution in [1.82, 2.24) is 9.80 Å². The second-order valence-electron chi connectivity index (χ2n) is 2.91. The largest absolute Gasteiger partial charge is 0.334 e. The van der Waals surface area contributed by atoms with E-state index in [2.05, 4.69) is 25.3 Å². The van der Waals surface area contributed by atoms with E-state index in [9.17, 15) is 9.59 Å². The molecule has 0 spiro atoms. The fraction of sp³-hybridized carbons (Fsp3) is 0.800. The smallest absolute Gasteiger partial charge is 0.278 e. The molecule has 2 amide bonds. The van der Waals surface area contributed by atoms with Crippen LogP contribution in [0.1, 0.15) is 27.7 Å². The normalized spacial score (nSPS) is 8.35. The molecule has 0 saturated heterocycles. The molecule has 0 rings (SSSR count). The Morgan fingerprint density at radius 2 is 0.941 bits per heavy atom. The first-order chi connectivity index (χ1) is 7.44. The van der Waals surface area contributed by atoms with Gasteiger partial charge in [-0.1, -0.05) is 25.3 Å². The number of carbonyl (C=O) groups is 2. The molecule has 0 aromatic heterocycles. The maximum atomic E-state index is 10.4. The fourth-order valence-corrected chi connectivity index (χ4v) is 1.55. The van der Waals surface area contributed by atoms with Crippen LogP contribution in [0.3, 0.4) is 0 Å². The molecule has 2 radical (unpaired) electrons. The third kappa shape index (κ3) is 12.7. The maximum Gasteiger partial charge on any atom is 0.278 e. The van der Waals surface area contributed by atoms with Gasteiger partial charge in [0.2, 0.25) is 0 Å². The minimum Gasteiger partial charge on any atom is -0.334 e. The van der Waals surface area contributed by atoms with Gasteiger partial charge in [0.05, 0.1) is 0 Å². The first kappa shape index (κ1) is 22.6. The van der Waals surface area contributed by atoms with Gasteiger partial charge in [0.15, 0.2) is 0 Å².